The van der Waals surface area contributed by atoms with Crippen molar-refractivity contribution in [1.29, 1.82) is 0 Å². The third-order valence-corrected chi connectivity index (χ3v) is 5.88. The molecular weight excluding hydrogens is 428 g/mol. The SMILES string of the molecule is C[C@H](NC(=O)c1cc(-c2ccco2)n(-c2cccc(Cl)c2)n1)c1nnc2n1CCCCC2. The maximum absolute atomic E-state index is 13.1. The Morgan fingerprint density at radius 2 is 2.06 bits per heavy atom. The number of benzene rings is 1. The highest BCUT2D eigenvalue weighted by Gasteiger charge is 2.24. The fourth-order valence-corrected chi connectivity index (χ4v) is 4.24. The van der Waals surface area contributed by atoms with Crippen LogP contribution in [0.4, 0.5) is 0 Å². The smallest absolute Gasteiger partial charge is 0.272 e. The monoisotopic (exact) mass is 450 g/mol. The second kappa shape index (κ2) is 8.63. The first-order valence-corrected chi connectivity index (χ1v) is 11.1. The Labute approximate surface area is 190 Å². The molecule has 0 radical (unpaired) electrons. The van der Waals surface area contributed by atoms with E-state index in [9.17, 15) is 4.79 Å². The van der Waals surface area contributed by atoms with E-state index in [4.69, 9.17) is 16.0 Å². The van der Waals surface area contributed by atoms with Crippen LogP contribution in [0.15, 0.2) is 53.1 Å². The van der Waals surface area contributed by atoms with Crippen LogP contribution >= 0.6 is 11.6 Å². The highest BCUT2D eigenvalue weighted by atomic mass is 35.5. The van der Waals surface area contributed by atoms with Crippen molar-refractivity contribution in [2.75, 3.05) is 0 Å². The maximum atomic E-state index is 13.1. The molecule has 0 saturated carbocycles. The molecule has 0 aliphatic carbocycles. The predicted molar refractivity (Wildman–Crippen MR) is 120 cm³/mol. The molecule has 0 saturated heterocycles. The van der Waals surface area contributed by atoms with Gasteiger partial charge in [-0.05, 0) is 50.1 Å². The van der Waals surface area contributed by atoms with Crippen LogP contribution in [-0.4, -0.2) is 30.5 Å². The molecule has 1 aliphatic rings. The number of hydrogen-bond donors (Lipinski definition) is 1. The number of amides is 1. The fraction of sp³-hybridized carbons (Fsp3) is 0.304. The number of nitrogens with one attached hydrogen (secondary N) is 1. The molecule has 1 atom stereocenters. The van der Waals surface area contributed by atoms with Gasteiger partial charge in [-0.25, -0.2) is 4.68 Å². The number of furan rings is 1. The Balaban J connectivity index is 1.44. The van der Waals surface area contributed by atoms with Gasteiger partial charge in [0, 0.05) is 24.1 Å². The number of carbonyl (C=O) groups is 1. The number of hydrogen-bond acceptors (Lipinski definition) is 5. The van der Waals surface area contributed by atoms with Gasteiger partial charge in [0.15, 0.2) is 17.3 Å². The molecule has 32 heavy (non-hydrogen) atoms. The normalized spacial score (nSPS) is 14.6. The van der Waals surface area contributed by atoms with Crippen LogP contribution in [0, 0.1) is 0 Å². The number of nitrogens with zero attached hydrogens (tertiary/aromatic N) is 5. The van der Waals surface area contributed by atoms with E-state index in [1.54, 1.807) is 35.2 Å². The highest BCUT2D eigenvalue weighted by Crippen LogP contribution is 2.26. The molecule has 1 aliphatic heterocycles. The molecule has 0 spiro atoms. The van der Waals surface area contributed by atoms with Gasteiger partial charge >= 0.3 is 0 Å². The summed E-state index contributed by atoms with van der Waals surface area (Å²) >= 11 is 6.18. The molecule has 1 aromatic carbocycles. The Kier molecular flexibility index (Phi) is 5.53. The minimum absolute atomic E-state index is 0.277. The molecular formula is C23H23ClN6O2. The zero-order chi connectivity index (χ0) is 22.1. The van der Waals surface area contributed by atoms with Gasteiger partial charge in [-0.3, -0.25) is 4.79 Å². The lowest BCUT2D eigenvalue weighted by molar-refractivity contribution is 0.0932. The average Bonchev–Trinajstić information content (AvgIpc) is 3.51. The molecule has 1 N–H and O–H groups in total. The van der Waals surface area contributed by atoms with Gasteiger partial charge in [0.25, 0.3) is 5.91 Å². The molecule has 3 aromatic heterocycles. The van der Waals surface area contributed by atoms with Gasteiger partial charge in [0.05, 0.1) is 18.0 Å². The van der Waals surface area contributed by atoms with Crippen molar-refractivity contribution in [3.8, 4) is 17.1 Å². The van der Waals surface area contributed by atoms with E-state index >= 15 is 0 Å². The van der Waals surface area contributed by atoms with Crippen molar-refractivity contribution in [3.63, 3.8) is 0 Å². The third kappa shape index (κ3) is 3.93. The molecule has 164 valence electrons. The van der Waals surface area contributed by atoms with E-state index < -0.39 is 0 Å². The van der Waals surface area contributed by atoms with Gasteiger partial charge in [0.2, 0.25) is 0 Å². The first-order chi connectivity index (χ1) is 15.6. The first-order valence-electron chi connectivity index (χ1n) is 10.7. The average molecular weight is 451 g/mol. The fourth-order valence-electron chi connectivity index (χ4n) is 4.06. The summed E-state index contributed by atoms with van der Waals surface area (Å²) in [6, 6.07) is 12.3. The molecule has 0 fully saturated rings. The Bertz CT molecular complexity index is 1240. The Morgan fingerprint density at radius 3 is 2.88 bits per heavy atom. The number of rotatable bonds is 5. The van der Waals surface area contributed by atoms with Crippen molar-refractivity contribution >= 4 is 17.5 Å². The minimum atomic E-state index is -0.301. The second-order valence-electron chi connectivity index (χ2n) is 7.92. The molecule has 5 rings (SSSR count). The largest absolute Gasteiger partial charge is 0.463 e. The van der Waals surface area contributed by atoms with Crippen molar-refractivity contribution in [2.24, 2.45) is 0 Å². The topological polar surface area (TPSA) is 90.8 Å². The summed E-state index contributed by atoms with van der Waals surface area (Å²) in [6.45, 7) is 2.80. The highest BCUT2D eigenvalue weighted by molar-refractivity contribution is 6.30. The number of aromatic nitrogens is 5. The molecule has 4 aromatic rings. The summed E-state index contributed by atoms with van der Waals surface area (Å²) in [4.78, 5) is 13.1. The van der Waals surface area contributed by atoms with E-state index in [0.29, 0.717) is 16.5 Å². The van der Waals surface area contributed by atoms with Gasteiger partial charge in [-0.1, -0.05) is 24.1 Å². The zero-order valence-corrected chi connectivity index (χ0v) is 18.4. The zero-order valence-electron chi connectivity index (χ0n) is 17.7. The van der Waals surface area contributed by atoms with Crippen LogP contribution in [0.2, 0.25) is 5.02 Å². The van der Waals surface area contributed by atoms with Gasteiger partial charge in [-0.2, -0.15) is 5.10 Å². The Hall–Kier alpha value is -3.39. The van der Waals surface area contributed by atoms with Crippen LogP contribution in [0.25, 0.3) is 17.1 Å². The van der Waals surface area contributed by atoms with Gasteiger partial charge < -0.3 is 14.3 Å². The summed E-state index contributed by atoms with van der Waals surface area (Å²) in [7, 11) is 0. The molecule has 1 amide bonds. The quantitative estimate of drug-likeness (QED) is 0.480. The van der Waals surface area contributed by atoms with Crippen molar-refractivity contribution in [1.82, 2.24) is 29.9 Å². The minimum Gasteiger partial charge on any atom is -0.463 e. The first kappa shape index (κ1) is 20.5. The summed E-state index contributed by atoms with van der Waals surface area (Å²) in [5.74, 6) is 2.07. The molecule has 9 heteroatoms. The van der Waals surface area contributed by atoms with Gasteiger partial charge in [0.1, 0.15) is 11.5 Å². The van der Waals surface area contributed by atoms with Crippen molar-refractivity contribution in [2.45, 2.75) is 45.2 Å². The molecule has 8 nitrogen and oxygen atoms in total. The number of fused-ring (bicyclic) bond motifs is 1. The van der Waals surface area contributed by atoms with Crippen molar-refractivity contribution < 1.29 is 9.21 Å². The van der Waals surface area contributed by atoms with Crippen LogP contribution in [0.3, 0.4) is 0 Å². The van der Waals surface area contributed by atoms with E-state index in [1.807, 2.05) is 25.1 Å². The van der Waals surface area contributed by atoms with Crippen molar-refractivity contribution in [3.05, 3.63) is 71.1 Å². The number of aryl methyl sites for hydroxylation is 1. The summed E-state index contributed by atoms with van der Waals surface area (Å²) in [6.07, 6.45) is 5.90. The van der Waals surface area contributed by atoms with Crippen LogP contribution in [0.5, 0.6) is 0 Å². The standard InChI is InChI=1S/C23H23ClN6O2/c1-15(22-27-26-21-10-3-2-4-11-29(21)22)25-23(31)18-14-19(20-9-6-12-32-20)30(28-18)17-8-5-7-16(24)13-17/h5-9,12-15H,2-4,10-11H2,1H3,(H,25,31)/t15-/m0/s1. The van der Waals surface area contributed by atoms with E-state index in [0.717, 1.165) is 43.1 Å². The summed E-state index contributed by atoms with van der Waals surface area (Å²) < 4.78 is 9.37. The van der Waals surface area contributed by atoms with E-state index in [2.05, 4.69) is 25.2 Å². The van der Waals surface area contributed by atoms with Crippen LogP contribution in [-0.2, 0) is 13.0 Å². The third-order valence-electron chi connectivity index (χ3n) is 5.64. The second-order valence-corrected chi connectivity index (χ2v) is 8.35. The summed E-state index contributed by atoms with van der Waals surface area (Å²) in [5.41, 5.74) is 1.67. The number of carbonyl (C=O) groups excluding carboxylic acids is 1. The molecule has 0 bridgehead atoms. The summed E-state index contributed by atoms with van der Waals surface area (Å²) in [5, 5.41) is 16.8. The van der Waals surface area contributed by atoms with Crippen LogP contribution in [0.1, 0.15) is 54.4 Å². The molecule has 0 unspecified atom stereocenters. The lowest BCUT2D eigenvalue weighted by Crippen LogP contribution is -2.29. The lowest BCUT2D eigenvalue weighted by Gasteiger charge is -2.14. The maximum Gasteiger partial charge on any atom is 0.272 e. The predicted octanol–water partition coefficient (Wildman–Crippen LogP) is 4.59. The van der Waals surface area contributed by atoms with Gasteiger partial charge in [-0.15, -0.1) is 10.2 Å². The van der Waals surface area contributed by atoms with E-state index in [-0.39, 0.29) is 17.6 Å². The number of halogens is 1. The van der Waals surface area contributed by atoms with Crippen LogP contribution < -0.4 is 5.32 Å². The van der Waals surface area contributed by atoms with E-state index in [1.165, 1.54) is 6.42 Å². The Morgan fingerprint density at radius 1 is 1.16 bits per heavy atom. The molecule has 4 heterocycles. The lowest BCUT2D eigenvalue weighted by atomic mass is 10.2.